The fourth-order valence-electron chi connectivity index (χ4n) is 2.05. The summed E-state index contributed by atoms with van der Waals surface area (Å²) in [5.74, 6) is 0.680. The lowest BCUT2D eigenvalue weighted by Crippen LogP contribution is -2.23. The zero-order valence-corrected chi connectivity index (χ0v) is 10.9. The first-order chi connectivity index (χ1) is 9.26. The van der Waals surface area contributed by atoms with Crippen molar-refractivity contribution in [2.75, 3.05) is 13.2 Å². The topological polar surface area (TPSA) is 71.1 Å². The minimum Gasteiger partial charge on any atom is -0.389 e. The molecule has 0 bridgehead atoms. The third kappa shape index (κ3) is 3.11. The summed E-state index contributed by atoms with van der Waals surface area (Å²) >= 11 is 0. The maximum absolute atomic E-state index is 9.95. The van der Waals surface area contributed by atoms with Gasteiger partial charge in [-0.2, -0.15) is 5.26 Å². The second kappa shape index (κ2) is 6.32. The van der Waals surface area contributed by atoms with Crippen molar-refractivity contribution in [2.45, 2.75) is 26.0 Å². The van der Waals surface area contributed by atoms with Gasteiger partial charge in [-0.1, -0.05) is 12.1 Å². The van der Waals surface area contributed by atoms with Crippen molar-refractivity contribution in [2.24, 2.45) is 0 Å². The first kappa shape index (κ1) is 13.5. The molecule has 0 saturated carbocycles. The first-order valence-corrected chi connectivity index (χ1v) is 6.33. The predicted octanol–water partition coefficient (Wildman–Crippen LogP) is 1.50. The van der Waals surface area contributed by atoms with Gasteiger partial charge in [0.2, 0.25) is 0 Å². The van der Waals surface area contributed by atoms with Crippen molar-refractivity contribution >= 4 is 11.0 Å². The van der Waals surface area contributed by atoms with Gasteiger partial charge in [-0.05, 0) is 19.1 Å². The van der Waals surface area contributed by atoms with Gasteiger partial charge in [0.25, 0.3) is 0 Å². The number of rotatable bonds is 6. The minimum absolute atomic E-state index is 0.232. The molecule has 1 unspecified atom stereocenters. The fourth-order valence-corrected chi connectivity index (χ4v) is 2.05. The largest absolute Gasteiger partial charge is 0.389 e. The number of nitriles is 1. The van der Waals surface area contributed by atoms with E-state index in [4.69, 9.17) is 10.00 Å². The van der Waals surface area contributed by atoms with E-state index >= 15 is 0 Å². The molecular formula is C14H17N3O2. The molecule has 0 spiro atoms. The fraction of sp³-hybridized carbons (Fsp3) is 0.429. The van der Waals surface area contributed by atoms with Crippen molar-refractivity contribution < 1.29 is 9.84 Å². The summed E-state index contributed by atoms with van der Waals surface area (Å²) in [6, 6.07) is 9.78. The highest BCUT2D eigenvalue weighted by molar-refractivity contribution is 5.76. The van der Waals surface area contributed by atoms with Crippen molar-refractivity contribution in [1.82, 2.24) is 9.55 Å². The van der Waals surface area contributed by atoms with E-state index in [0.717, 1.165) is 11.0 Å². The monoisotopic (exact) mass is 259 g/mol. The van der Waals surface area contributed by atoms with E-state index in [1.807, 2.05) is 35.8 Å². The summed E-state index contributed by atoms with van der Waals surface area (Å²) in [5, 5.41) is 18.8. The van der Waals surface area contributed by atoms with Crippen LogP contribution in [0.15, 0.2) is 24.3 Å². The van der Waals surface area contributed by atoms with Gasteiger partial charge >= 0.3 is 0 Å². The van der Waals surface area contributed by atoms with Crippen LogP contribution in [-0.4, -0.2) is 34.0 Å². The molecule has 5 heteroatoms. The molecule has 0 amide bonds. The Morgan fingerprint density at radius 2 is 2.26 bits per heavy atom. The number of para-hydroxylation sites is 2. The van der Waals surface area contributed by atoms with E-state index in [9.17, 15) is 5.11 Å². The molecular weight excluding hydrogens is 242 g/mol. The van der Waals surface area contributed by atoms with E-state index in [2.05, 4.69) is 11.1 Å². The Morgan fingerprint density at radius 1 is 1.47 bits per heavy atom. The van der Waals surface area contributed by atoms with Gasteiger partial charge in [0.15, 0.2) is 0 Å². The smallest absolute Gasteiger partial charge is 0.124 e. The van der Waals surface area contributed by atoms with E-state index in [1.165, 1.54) is 0 Å². The van der Waals surface area contributed by atoms with Crippen LogP contribution in [0.4, 0.5) is 0 Å². The number of ether oxygens (including phenoxy) is 1. The summed E-state index contributed by atoms with van der Waals surface area (Å²) in [5.41, 5.74) is 1.78. The van der Waals surface area contributed by atoms with Gasteiger partial charge in [0.1, 0.15) is 5.82 Å². The lowest BCUT2D eigenvalue weighted by Gasteiger charge is -2.13. The minimum atomic E-state index is -0.602. The predicted molar refractivity (Wildman–Crippen MR) is 71.5 cm³/mol. The van der Waals surface area contributed by atoms with Crippen molar-refractivity contribution in [3.63, 3.8) is 0 Å². The highest BCUT2D eigenvalue weighted by atomic mass is 16.5. The van der Waals surface area contributed by atoms with E-state index in [0.29, 0.717) is 19.0 Å². The second-order valence-electron chi connectivity index (χ2n) is 4.28. The van der Waals surface area contributed by atoms with Crippen LogP contribution in [0.25, 0.3) is 11.0 Å². The molecule has 100 valence electrons. The van der Waals surface area contributed by atoms with Crippen LogP contribution in [0.5, 0.6) is 0 Å². The molecule has 0 aliphatic rings. The Bertz CT molecular complexity index is 586. The normalized spacial score (nSPS) is 12.5. The average molecular weight is 259 g/mol. The summed E-state index contributed by atoms with van der Waals surface area (Å²) < 4.78 is 7.10. The molecule has 2 rings (SSSR count). The molecule has 5 nitrogen and oxygen atoms in total. The van der Waals surface area contributed by atoms with Crippen LogP contribution in [0, 0.1) is 11.3 Å². The van der Waals surface area contributed by atoms with Crippen LogP contribution in [-0.2, 0) is 17.7 Å². The maximum atomic E-state index is 9.95. The van der Waals surface area contributed by atoms with Crippen molar-refractivity contribution in [1.29, 1.82) is 5.26 Å². The molecule has 0 saturated heterocycles. The molecule has 2 aromatic rings. The standard InChI is InChI=1S/C14H17N3O2/c1-2-19-10-11(18)9-17-13-6-4-3-5-12(13)16-14(17)7-8-15/h3-6,11,18H,2,7,9-10H2,1H3. The van der Waals surface area contributed by atoms with Crippen LogP contribution >= 0.6 is 0 Å². The molecule has 1 aromatic carbocycles. The second-order valence-corrected chi connectivity index (χ2v) is 4.28. The van der Waals surface area contributed by atoms with Gasteiger partial charge in [-0.15, -0.1) is 0 Å². The Labute approximate surface area is 112 Å². The van der Waals surface area contributed by atoms with E-state index in [-0.39, 0.29) is 13.0 Å². The van der Waals surface area contributed by atoms with Gasteiger partial charge in [0, 0.05) is 6.61 Å². The number of hydrogen-bond donors (Lipinski definition) is 1. The Balaban J connectivity index is 2.28. The molecule has 1 atom stereocenters. The van der Waals surface area contributed by atoms with Crippen LogP contribution in [0.1, 0.15) is 12.7 Å². The highest BCUT2D eigenvalue weighted by Gasteiger charge is 2.13. The molecule has 0 radical (unpaired) electrons. The highest BCUT2D eigenvalue weighted by Crippen LogP contribution is 2.17. The summed E-state index contributed by atoms with van der Waals surface area (Å²) in [6.07, 6.45) is -0.370. The zero-order valence-electron chi connectivity index (χ0n) is 10.9. The number of aromatic nitrogens is 2. The Morgan fingerprint density at radius 3 is 3.00 bits per heavy atom. The molecule has 1 heterocycles. The molecule has 0 aliphatic carbocycles. The van der Waals surface area contributed by atoms with Gasteiger partial charge in [-0.25, -0.2) is 4.98 Å². The summed E-state index contributed by atoms with van der Waals surface area (Å²) in [4.78, 5) is 4.42. The first-order valence-electron chi connectivity index (χ1n) is 6.33. The number of nitrogens with zero attached hydrogens (tertiary/aromatic N) is 3. The lowest BCUT2D eigenvalue weighted by atomic mass is 10.3. The third-order valence-corrected chi connectivity index (χ3v) is 2.88. The van der Waals surface area contributed by atoms with Gasteiger partial charge < -0.3 is 14.4 Å². The van der Waals surface area contributed by atoms with Crippen LogP contribution in [0.3, 0.4) is 0 Å². The number of fused-ring (bicyclic) bond motifs is 1. The number of aliphatic hydroxyl groups is 1. The van der Waals surface area contributed by atoms with Crippen LogP contribution < -0.4 is 0 Å². The molecule has 19 heavy (non-hydrogen) atoms. The molecule has 1 N–H and O–H groups in total. The van der Waals surface area contributed by atoms with Crippen molar-refractivity contribution in [3.05, 3.63) is 30.1 Å². The van der Waals surface area contributed by atoms with E-state index in [1.54, 1.807) is 0 Å². The van der Waals surface area contributed by atoms with Crippen molar-refractivity contribution in [3.8, 4) is 6.07 Å². The summed E-state index contributed by atoms with van der Waals surface area (Å²) in [6.45, 7) is 3.14. The molecule has 0 aliphatic heterocycles. The molecule has 0 fully saturated rings. The lowest BCUT2D eigenvalue weighted by molar-refractivity contribution is 0.0337. The number of benzene rings is 1. The third-order valence-electron chi connectivity index (χ3n) is 2.88. The van der Waals surface area contributed by atoms with Gasteiger partial charge in [0.05, 0.1) is 42.8 Å². The van der Waals surface area contributed by atoms with Gasteiger partial charge in [-0.3, -0.25) is 0 Å². The maximum Gasteiger partial charge on any atom is 0.124 e. The quantitative estimate of drug-likeness (QED) is 0.853. The van der Waals surface area contributed by atoms with E-state index < -0.39 is 6.10 Å². The number of aliphatic hydroxyl groups excluding tert-OH is 1. The molecule has 1 aromatic heterocycles. The van der Waals surface area contributed by atoms with Crippen LogP contribution in [0.2, 0.25) is 0 Å². The SMILES string of the molecule is CCOCC(O)Cn1c(CC#N)nc2ccccc21. The Hall–Kier alpha value is -1.90. The number of hydrogen-bond acceptors (Lipinski definition) is 4. The Kier molecular flexibility index (Phi) is 4.50. The zero-order chi connectivity index (χ0) is 13.7. The summed E-state index contributed by atoms with van der Waals surface area (Å²) in [7, 11) is 0. The number of imidazole rings is 1. The average Bonchev–Trinajstić information content (AvgIpc) is 2.75.